The fourth-order valence-electron chi connectivity index (χ4n) is 1.81. The van der Waals surface area contributed by atoms with Crippen LogP contribution < -0.4 is 10.6 Å². The predicted octanol–water partition coefficient (Wildman–Crippen LogP) is 1.78. The molecule has 1 fully saturated rings. The van der Waals surface area contributed by atoms with Gasteiger partial charge in [0.05, 0.1) is 6.54 Å². The van der Waals surface area contributed by atoms with Crippen molar-refractivity contribution in [3.63, 3.8) is 0 Å². The van der Waals surface area contributed by atoms with E-state index in [2.05, 4.69) is 30.7 Å². The summed E-state index contributed by atoms with van der Waals surface area (Å²) in [4.78, 5) is 11.6. The highest BCUT2D eigenvalue weighted by molar-refractivity contribution is 7.99. The molecule has 16 heavy (non-hydrogen) atoms. The zero-order valence-electron chi connectivity index (χ0n) is 10.6. The van der Waals surface area contributed by atoms with Crippen LogP contribution in [0.4, 0.5) is 0 Å². The molecule has 3 nitrogen and oxygen atoms in total. The molecule has 1 aliphatic rings. The van der Waals surface area contributed by atoms with Gasteiger partial charge in [-0.05, 0) is 32.9 Å². The molecule has 0 radical (unpaired) electrons. The quantitative estimate of drug-likeness (QED) is 0.748. The minimum Gasteiger partial charge on any atom is -0.354 e. The van der Waals surface area contributed by atoms with Gasteiger partial charge in [-0.1, -0.05) is 12.8 Å². The van der Waals surface area contributed by atoms with Crippen LogP contribution in [-0.2, 0) is 4.79 Å². The van der Waals surface area contributed by atoms with Crippen molar-refractivity contribution in [1.29, 1.82) is 0 Å². The maximum Gasteiger partial charge on any atom is 0.234 e. The zero-order valence-corrected chi connectivity index (χ0v) is 11.5. The van der Waals surface area contributed by atoms with Crippen LogP contribution in [0.3, 0.4) is 0 Å². The molecule has 0 bridgehead atoms. The summed E-state index contributed by atoms with van der Waals surface area (Å²) < 4.78 is 0.128. The molecule has 0 aromatic rings. The molecule has 0 heterocycles. The number of amides is 1. The number of rotatable bonds is 6. The van der Waals surface area contributed by atoms with Crippen molar-refractivity contribution < 1.29 is 4.79 Å². The molecule has 4 heteroatoms. The highest BCUT2D eigenvalue weighted by atomic mass is 32.2. The van der Waals surface area contributed by atoms with E-state index in [4.69, 9.17) is 0 Å². The normalized spacial score (nSPS) is 17.7. The van der Waals surface area contributed by atoms with Crippen LogP contribution in [0.25, 0.3) is 0 Å². The van der Waals surface area contributed by atoms with Crippen LogP contribution in [0.1, 0.15) is 39.5 Å². The summed E-state index contributed by atoms with van der Waals surface area (Å²) in [6, 6.07) is 0.569. The SMILES string of the molecule is CSC(C)(C)CNC(=O)CNC1CCCC1. The lowest BCUT2D eigenvalue weighted by molar-refractivity contribution is -0.120. The third-order valence-corrected chi connectivity index (χ3v) is 4.42. The maximum atomic E-state index is 11.6. The lowest BCUT2D eigenvalue weighted by Crippen LogP contribution is -2.42. The molecule has 0 atom stereocenters. The summed E-state index contributed by atoms with van der Waals surface area (Å²) in [5.41, 5.74) is 0. The minimum atomic E-state index is 0.119. The van der Waals surface area contributed by atoms with Crippen molar-refractivity contribution in [2.75, 3.05) is 19.3 Å². The van der Waals surface area contributed by atoms with Crippen molar-refractivity contribution in [2.24, 2.45) is 0 Å². The van der Waals surface area contributed by atoms with Gasteiger partial charge < -0.3 is 10.6 Å². The molecule has 2 N–H and O–H groups in total. The largest absolute Gasteiger partial charge is 0.354 e. The number of hydrogen-bond donors (Lipinski definition) is 2. The Morgan fingerprint density at radius 2 is 2.00 bits per heavy atom. The Morgan fingerprint density at radius 3 is 2.56 bits per heavy atom. The molecule has 1 aliphatic carbocycles. The Bertz CT molecular complexity index is 225. The van der Waals surface area contributed by atoms with E-state index in [0.717, 1.165) is 6.54 Å². The van der Waals surface area contributed by atoms with Crippen molar-refractivity contribution in [3.05, 3.63) is 0 Å². The van der Waals surface area contributed by atoms with E-state index in [1.165, 1.54) is 25.7 Å². The molecule has 1 saturated carbocycles. The Hall–Kier alpha value is -0.220. The van der Waals surface area contributed by atoms with E-state index in [1.807, 2.05) is 0 Å². The van der Waals surface area contributed by atoms with Gasteiger partial charge in [0.25, 0.3) is 0 Å². The first kappa shape index (κ1) is 13.8. The first-order chi connectivity index (χ1) is 7.53. The fraction of sp³-hybridized carbons (Fsp3) is 0.917. The second-order valence-electron chi connectivity index (χ2n) is 5.10. The van der Waals surface area contributed by atoms with Gasteiger partial charge in [-0.25, -0.2) is 0 Å². The molecule has 0 aromatic carbocycles. The Morgan fingerprint density at radius 1 is 1.38 bits per heavy atom. The fourth-order valence-corrected chi connectivity index (χ4v) is 2.03. The standard InChI is InChI=1S/C12H24N2OS/c1-12(2,16-3)9-14-11(15)8-13-10-6-4-5-7-10/h10,13H,4-9H2,1-3H3,(H,14,15). The first-order valence-corrected chi connectivity index (χ1v) is 7.31. The molecule has 1 rings (SSSR count). The average Bonchev–Trinajstić information content (AvgIpc) is 2.76. The van der Waals surface area contributed by atoms with Gasteiger partial charge in [0.1, 0.15) is 0 Å². The number of carbonyl (C=O) groups is 1. The highest BCUT2D eigenvalue weighted by Crippen LogP contribution is 2.19. The number of nitrogens with one attached hydrogen (secondary N) is 2. The van der Waals surface area contributed by atoms with Gasteiger partial charge in [-0.3, -0.25) is 4.79 Å². The third kappa shape index (κ3) is 5.21. The maximum absolute atomic E-state index is 11.6. The van der Waals surface area contributed by atoms with E-state index in [9.17, 15) is 4.79 Å². The summed E-state index contributed by atoms with van der Waals surface area (Å²) in [5, 5.41) is 6.29. The lowest BCUT2D eigenvalue weighted by atomic mass is 10.2. The Balaban J connectivity index is 2.10. The molecular formula is C12H24N2OS. The van der Waals surface area contributed by atoms with E-state index >= 15 is 0 Å². The second kappa shape index (κ2) is 6.50. The lowest BCUT2D eigenvalue weighted by Gasteiger charge is -2.22. The minimum absolute atomic E-state index is 0.119. The van der Waals surface area contributed by atoms with Crippen LogP contribution in [0, 0.1) is 0 Å². The van der Waals surface area contributed by atoms with E-state index in [0.29, 0.717) is 12.6 Å². The van der Waals surface area contributed by atoms with Gasteiger partial charge in [-0.2, -0.15) is 11.8 Å². The molecule has 94 valence electrons. The average molecular weight is 244 g/mol. The first-order valence-electron chi connectivity index (χ1n) is 6.09. The highest BCUT2D eigenvalue weighted by Gasteiger charge is 2.18. The van der Waals surface area contributed by atoms with Crippen molar-refractivity contribution in [3.8, 4) is 0 Å². The summed E-state index contributed by atoms with van der Waals surface area (Å²) in [6.07, 6.45) is 7.13. The summed E-state index contributed by atoms with van der Waals surface area (Å²) in [5.74, 6) is 0.119. The monoisotopic (exact) mass is 244 g/mol. The smallest absolute Gasteiger partial charge is 0.234 e. The van der Waals surface area contributed by atoms with Crippen LogP contribution >= 0.6 is 11.8 Å². The number of hydrogen-bond acceptors (Lipinski definition) is 3. The summed E-state index contributed by atoms with van der Waals surface area (Å²) in [6.45, 7) is 5.49. The van der Waals surface area contributed by atoms with Gasteiger partial charge >= 0.3 is 0 Å². The summed E-state index contributed by atoms with van der Waals surface area (Å²) in [7, 11) is 0. The molecule has 0 aromatic heterocycles. The molecule has 0 spiro atoms. The molecule has 0 aliphatic heterocycles. The topological polar surface area (TPSA) is 41.1 Å². The van der Waals surface area contributed by atoms with Crippen molar-refractivity contribution in [2.45, 2.75) is 50.3 Å². The predicted molar refractivity (Wildman–Crippen MR) is 70.9 cm³/mol. The second-order valence-corrected chi connectivity index (χ2v) is 6.62. The Kier molecular flexibility index (Phi) is 5.62. The van der Waals surface area contributed by atoms with Crippen molar-refractivity contribution >= 4 is 17.7 Å². The van der Waals surface area contributed by atoms with Crippen LogP contribution in [0.2, 0.25) is 0 Å². The summed E-state index contributed by atoms with van der Waals surface area (Å²) >= 11 is 1.78. The van der Waals surface area contributed by atoms with Crippen LogP contribution in [-0.4, -0.2) is 36.0 Å². The van der Waals surface area contributed by atoms with E-state index in [-0.39, 0.29) is 10.7 Å². The van der Waals surface area contributed by atoms with Crippen molar-refractivity contribution in [1.82, 2.24) is 10.6 Å². The van der Waals surface area contributed by atoms with Crippen LogP contribution in [0.15, 0.2) is 0 Å². The molecule has 0 saturated heterocycles. The van der Waals surface area contributed by atoms with Crippen LogP contribution in [0.5, 0.6) is 0 Å². The van der Waals surface area contributed by atoms with Gasteiger partial charge in [0.2, 0.25) is 5.91 Å². The third-order valence-electron chi connectivity index (χ3n) is 3.17. The molecule has 0 unspecified atom stereocenters. The van der Waals surface area contributed by atoms with Gasteiger partial charge in [0.15, 0.2) is 0 Å². The van der Waals surface area contributed by atoms with E-state index < -0.39 is 0 Å². The van der Waals surface area contributed by atoms with Gasteiger partial charge in [-0.15, -0.1) is 0 Å². The van der Waals surface area contributed by atoms with E-state index in [1.54, 1.807) is 11.8 Å². The number of carbonyl (C=O) groups excluding carboxylic acids is 1. The Labute approximate surface area is 103 Å². The molecule has 1 amide bonds. The van der Waals surface area contributed by atoms with Gasteiger partial charge in [0, 0.05) is 17.3 Å². The number of thioether (sulfide) groups is 1. The molecular weight excluding hydrogens is 220 g/mol. The zero-order chi connectivity index (χ0) is 12.0.